The molecule has 4 rings (SSSR count). The van der Waals surface area contributed by atoms with Gasteiger partial charge in [-0.05, 0) is 37.3 Å². The zero-order valence-corrected chi connectivity index (χ0v) is 17.6. The molecule has 0 radical (unpaired) electrons. The van der Waals surface area contributed by atoms with E-state index in [1.165, 1.54) is 12.4 Å². The Labute approximate surface area is 184 Å². The van der Waals surface area contributed by atoms with E-state index in [1.807, 2.05) is 17.0 Å². The summed E-state index contributed by atoms with van der Waals surface area (Å²) in [7, 11) is 0. The minimum atomic E-state index is -0.347. The number of halogens is 1. The van der Waals surface area contributed by atoms with Crippen molar-refractivity contribution in [1.82, 2.24) is 14.8 Å². The number of ketones is 1. The Morgan fingerprint density at radius 1 is 1.19 bits per heavy atom. The highest BCUT2D eigenvalue weighted by atomic mass is 35.5. The molecule has 3 aromatic rings. The van der Waals surface area contributed by atoms with E-state index in [0.717, 1.165) is 5.69 Å². The Balaban J connectivity index is 1.53. The second-order valence-electron chi connectivity index (χ2n) is 7.22. The lowest BCUT2D eigenvalue weighted by Crippen LogP contribution is -2.34. The van der Waals surface area contributed by atoms with Crippen molar-refractivity contribution in [3.8, 4) is 11.8 Å². The van der Waals surface area contributed by atoms with E-state index in [1.54, 1.807) is 29.8 Å². The largest absolute Gasteiger partial charge is 0.355 e. The lowest BCUT2D eigenvalue weighted by molar-refractivity contribution is -0.119. The molecule has 2 aromatic heterocycles. The number of pyridine rings is 1. The molecule has 156 valence electrons. The number of carbonyl (C=O) groups is 2. The number of amides is 1. The molecule has 0 bridgehead atoms. The van der Waals surface area contributed by atoms with Crippen LogP contribution in [0.1, 0.15) is 34.5 Å². The summed E-state index contributed by atoms with van der Waals surface area (Å²) in [5.74, 6) is 0.396. The van der Waals surface area contributed by atoms with Crippen LogP contribution in [0.25, 0.3) is 5.69 Å². The van der Waals surface area contributed by atoms with Crippen molar-refractivity contribution in [2.75, 3.05) is 23.3 Å². The second kappa shape index (κ2) is 8.58. The first kappa shape index (κ1) is 20.6. The highest BCUT2D eigenvalue weighted by molar-refractivity contribution is 6.30. The maximum absolute atomic E-state index is 12.8. The number of nitriles is 1. The van der Waals surface area contributed by atoms with Crippen LogP contribution in [0, 0.1) is 18.3 Å². The second-order valence-corrected chi connectivity index (χ2v) is 7.66. The molecule has 1 aliphatic heterocycles. The first-order chi connectivity index (χ1) is 15.0. The Kier molecular flexibility index (Phi) is 5.69. The molecule has 0 atom stereocenters. The average Bonchev–Trinajstić information content (AvgIpc) is 3.16. The Hall–Kier alpha value is -3.70. The minimum Gasteiger partial charge on any atom is -0.355 e. The molecule has 0 saturated carbocycles. The smallest absolute Gasteiger partial charge is 0.259 e. The molecule has 1 N–H and O–H groups in total. The van der Waals surface area contributed by atoms with Crippen molar-refractivity contribution in [3.63, 3.8) is 0 Å². The van der Waals surface area contributed by atoms with E-state index in [4.69, 9.17) is 11.6 Å². The van der Waals surface area contributed by atoms with Gasteiger partial charge >= 0.3 is 0 Å². The van der Waals surface area contributed by atoms with E-state index in [2.05, 4.69) is 21.5 Å². The predicted octanol–water partition coefficient (Wildman–Crippen LogP) is 3.52. The fourth-order valence-corrected chi connectivity index (χ4v) is 3.63. The van der Waals surface area contributed by atoms with Crippen LogP contribution in [0.5, 0.6) is 0 Å². The molecule has 3 heterocycles. The third-order valence-electron chi connectivity index (χ3n) is 5.19. The summed E-state index contributed by atoms with van der Waals surface area (Å²) in [6.45, 7) is 2.88. The SMILES string of the molecule is Cc1c(C(=O)Nc2cnc(N3CCC(=O)CC3)c(C#N)c2)cnn1-c1ccc(Cl)cc1. The van der Waals surface area contributed by atoms with Crippen LogP contribution < -0.4 is 10.2 Å². The van der Waals surface area contributed by atoms with Crippen LogP contribution in [0.15, 0.2) is 42.7 Å². The molecule has 1 aliphatic rings. The van der Waals surface area contributed by atoms with Crippen molar-refractivity contribution < 1.29 is 9.59 Å². The minimum absolute atomic E-state index is 0.216. The standard InChI is InChI=1S/C22H19ClN6O2/c1-14-20(13-26-29(14)18-4-2-16(23)3-5-18)22(31)27-17-10-15(11-24)21(25-12-17)28-8-6-19(30)7-9-28/h2-5,10,12-13H,6-9H2,1H3,(H,27,31). The average molecular weight is 435 g/mol. The normalized spacial score (nSPS) is 13.7. The molecule has 31 heavy (non-hydrogen) atoms. The molecule has 1 fully saturated rings. The number of Topliss-reactive ketones (excluding diaryl/α,β-unsaturated/α-hetero) is 1. The lowest BCUT2D eigenvalue weighted by atomic mass is 10.1. The number of hydrogen-bond donors (Lipinski definition) is 1. The maximum Gasteiger partial charge on any atom is 0.259 e. The summed E-state index contributed by atoms with van der Waals surface area (Å²) in [5.41, 5.74) is 2.63. The summed E-state index contributed by atoms with van der Waals surface area (Å²) < 4.78 is 1.66. The third-order valence-corrected chi connectivity index (χ3v) is 5.44. The first-order valence-corrected chi connectivity index (χ1v) is 10.1. The van der Waals surface area contributed by atoms with Crippen LogP contribution in [0.4, 0.5) is 11.5 Å². The molecule has 8 nitrogen and oxygen atoms in total. The van der Waals surface area contributed by atoms with Gasteiger partial charge in [0.15, 0.2) is 0 Å². The van der Waals surface area contributed by atoms with Gasteiger partial charge in [0.05, 0.1) is 40.6 Å². The lowest BCUT2D eigenvalue weighted by Gasteiger charge is -2.27. The van der Waals surface area contributed by atoms with Crippen LogP contribution in [-0.4, -0.2) is 39.5 Å². The maximum atomic E-state index is 12.8. The fraction of sp³-hybridized carbons (Fsp3) is 0.227. The summed E-state index contributed by atoms with van der Waals surface area (Å²) in [6.07, 6.45) is 3.91. The highest BCUT2D eigenvalue weighted by Gasteiger charge is 2.21. The van der Waals surface area contributed by atoms with Gasteiger partial charge in [-0.2, -0.15) is 10.4 Å². The van der Waals surface area contributed by atoms with Crippen LogP contribution in [0.2, 0.25) is 5.02 Å². The van der Waals surface area contributed by atoms with Gasteiger partial charge in [0, 0.05) is 31.0 Å². The van der Waals surface area contributed by atoms with Crippen LogP contribution in [-0.2, 0) is 4.79 Å². The zero-order valence-electron chi connectivity index (χ0n) is 16.8. The monoisotopic (exact) mass is 434 g/mol. The van der Waals surface area contributed by atoms with Crippen LogP contribution >= 0.6 is 11.6 Å². The number of benzene rings is 1. The third kappa shape index (κ3) is 4.27. The van der Waals surface area contributed by atoms with Crippen molar-refractivity contribution >= 4 is 34.8 Å². The quantitative estimate of drug-likeness (QED) is 0.673. The van der Waals surface area contributed by atoms with Gasteiger partial charge in [-0.25, -0.2) is 9.67 Å². The molecule has 0 unspecified atom stereocenters. The molecule has 1 saturated heterocycles. The van der Waals surface area contributed by atoms with E-state index < -0.39 is 0 Å². The molecular formula is C22H19ClN6O2. The zero-order chi connectivity index (χ0) is 22.0. The van der Waals surface area contributed by atoms with Gasteiger partial charge in [-0.1, -0.05) is 11.6 Å². The van der Waals surface area contributed by atoms with E-state index >= 15 is 0 Å². The van der Waals surface area contributed by atoms with Crippen molar-refractivity contribution in [2.45, 2.75) is 19.8 Å². The van der Waals surface area contributed by atoms with Gasteiger partial charge in [-0.15, -0.1) is 0 Å². The number of rotatable bonds is 4. The molecule has 1 aromatic carbocycles. The summed E-state index contributed by atoms with van der Waals surface area (Å²) in [6, 6.07) is 10.9. The molecule has 1 amide bonds. The van der Waals surface area contributed by atoms with Gasteiger partial charge < -0.3 is 10.2 Å². The Bertz CT molecular complexity index is 1190. The van der Waals surface area contributed by atoms with Gasteiger partial charge in [0.2, 0.25) is 0 Å². The van der Waals surface area contributed by atoms with Gasteiger partial charge in [-0.3, -0.25) is 9.59 Å². The van der Waals surface area contributed by atoms with E-state index in [-0.39, 0.29) is 11.7 Å². The molecular weight excluding hydrogens is 416 g/mol. The van der Waals surface area contributed by atoms with Gasteiger partial charge in [0.25, 0.3) is 5.91 Å². The number of hydrogen-bond acceptors (Lipinski definition) is 6. The van der Waals surface area contributed by atoms with Crippen molar-refractivity contribution in [3.05, 3.63) is 64.6 Å². The molecule has 9 heteroatoms. The molecule has 0 spiro atoms. The Morgan fingerprint density at radius 2 is 1.90 bits per heavy atom. The van der Waals surface area contributed by atoms with Crippen molar-refractivity contribution in [1.29, 1.82) is 5.26 Å². The predicted molar refractivity (Wildman–Crippen MR) is 117 cm³/mol. The number of nitrogens with one attached hydrogen (secondary N) is 1. The number of aromatic nitrogens is 3. The first-order valence-electron chi connectivity index (χ1n) is 9.75. The van der Waals surface area contributed by atoms with Gasteiger partial charge in [0.1, 0.15) is 17.7 Å². The van der Waals surface area contributed by atoms with Crippen LogP contribution in [0.3, 0.4) is 0 Å². The van der Waals surface area contributed by atoms with E-state index in [0.29, 0.717) is 59.3 Å². The topological polar surface area (TPSA) is 104 Å². The van der Waals surface area contributed by atoms with Crippen molar-refractivity contribution in [2.24, 2.45) is 0 Å². The summed E-state index contributed by atoms with van der Waals surface area (Å²) >= 11 is 5.94. The summed E-state index contributed by atoms with van der Waals surface area (Å²) in [5, 5.41) is 17.3. The number of carbonyl (C=O) groups excluding carboxylic acids is 2. The number of piperidine rings is 1. The van der Waals surface area contributed by atoms with E-state index in [9.17, 15) is 14.9 Å². The molecule has 0 aliphatic carbocycles. The fourth-order valence-electron chi connectivity index (χ4n) is 3.50. The Morgan fingerprint density at radius 3 is 2.58 bits per heavy atom. The number of anilines is 2. The highest BCUT2D eigenvalue weighted by Crippen LogP contribution is 2.24. The summed E-state index contributed by atoms with van der Waals surface area (Å²) in [4.78, 5) is 30.6. The number of nitrogens with zero attached hydrogens (tertiary/aromatic N) is 5.